The molecule has 0 bridgehead atoms. The molecule has 1 atom stereocenters. The highest BCUT2D eigenvalue weighted by molar-refractivity contribution is 5.39. The molecule has 3 rings (SSSR count). The zero-order valence-electron chi connectivity index (χ0n) is 14.5. The molecule has 0 radical (unpaired) electrons. The number of hydrogen-bond acceptors (Lipinski definition) is 5. The second-order valence-electron chi connectivity index (χ2n) is 6.90. The van der Waals surface area contributed by atoms with E-state index in [4.69, 9.17) is 4.98 Å². The molecule has 2 aromatic rings. The largest absolute Gasteiger partial charge is 0.356 e. The molecule has 3 heterocycles. The van der Waals surface area contributed by atoms with Crippen LogP contribution >= 0.6 is 0 Å². The van der Waals surface area contributed by atoms with E-state index in [0.717, 1.165) is 43.4 Å². The lowest BCUT2D eigenvalue weighted by Crippen LogP contribution is -2.36. The maximum Gasteiger partial charge on any atom is 0.137 e. The summed E-state index contributed by atoms with van der Waals surface area (Å²) in [6.45, 7) is 10.6. The van der Waals surface area contributed by atoms with Gasteiger partial charge < -0.3 is 9.47 Å². The van der Waals surface area contributed by atoms with Gasteiger partial charge in [0.2, 0.25) is 0 Å². The number of piperidine rings is 1. The normalized spacial score (nSPS) is 18.9. The second kappa shape index (κ2) is 6.64. The topological polar surface area (TPSA) is 59.7 Å². The minimum absolute atomic E-state index is 0.347. The first-order valence-electron chi connectivity index (χ1n) is 8.53. The van der Waals surface area contributed by atoms with Crippen molar-refractivity contribution in [3.8, 4) is 0 Å². The lowest BCUT2D eigenvalue weighted by atomic mass is 9.97. The van der Waals surface area contributed by atoms with Gasteiger partial charge in [-0.25, -0.2) is 9.97 Å². The maximum absolute atomic E-state index is 4.74. The molecular weight excluding hydrogens is 288 g/mol. The van der Waals surface area contributed by atoms with E-state index in [1.807, 2.05) is 18.6 Å². The van der Waals surface area contributed by atoms with Gasteiger partial charge in [-0.15, -0.1) is 10.2 Å². The van der Waals surface area contributed by atoms with Crippen LogP contribution in [-0.4, -0.2) is 37.8 Å². The predicted molar refractivity (Wildman–Crippen MR) is 90.7 cm³/mol. The monoisotopic (exact) mass is 314 g/mol. The summed E-state index contributed by atoms with van der Waals surface area (Å²) >= 11 is 0. The van der Waals surface area contributed by atoms with E-state index >= 15 is 0 Å². The Morgan fingerprint density at radius 3 is 2.78 bits per heavy atom. The van der Waals surface area contributed by atoms with E-state index in [0.29, 0.717) is 17.9 Å². The van der Waals surface area contributed by atoms with E-state index in [1.165, 1.54) is 0 Å². The van der Waals surface area contributed by atoms with Gasteiger partial charge in [0, 0.05) is 37.2 Å². The predicted octanol–water partition coefficient (Wildman–Crippen LogP) is 3.16. The molecule has 1 aliphatic rings. The van der Waals surface area contributed by atoms with Gasteiger partial charge in [0.15, 0.2) is 0 Å². The fourth-order valence-electron chi connectivity index (χ4n) is 3.16. The molecule has 23 heavy (non-hydrogen) atoms. The van der Waals surface area contributed by atoms with Gasteiger partial charge in [0.1, 0.15) is 23.8 Å². The summed E-state index contributed by atoms with van der Waals surface area (Å²) < 4.78 is 2.19. The molecule has 1 saturated heterocycles. The lowest BCUT2D eigenvalue weighted by molar-refractivity contribution is 0.452. The van der Waals surface area contributed by atoms with Crippen LogP contribution in [0.1, 0.15) is 70.1 Å². The molecule has 0 saturated carbocycles. The maximum atomic E-state index is 4.74. The minimum Gasteiger partial charge on any atom is -0.356 e. The fourth-order valence-corrected chi connectivity index (χ4v) is 3.16. The average molecular weight is 314 g/mol. The number of hydrogen-bond donors (Lipinski definition) is 0. The SMILES string of the molecule is CC(C)c1nccc(N2CCCC(c3nncn3C(C)C)C2)n1. The molecule has 0 N–H and O–H groups in total. The number of nitrogens with zero attached hydrogens (tertiary/aromatic N) is 6. The third kappa shape index (κ3) is 3.35. The highest BCUT2D eigenvalue weighted by atomic mass is 15.3. The highest BCUT2D eigenvalue weighted by Gasteiger charge is 2.26. The zero-order chi connectivity index (χ0) is 16.4. The Morgan fingerprint density at radius 1 is 1.22 bits per heavy atom. The summed E-state index contributed by atoms with van der Waals surface area (Å²) in [4.78, 5) is 11.5. The summed E-state index contributed by atoms with van der Waals surface area (Å²) in [6.07, 6.45) is 6.03. The van der Waals surface area contributed by atoms with Gasteiger partial charge in [-0.2, -0.15) is 0 Å². The molecule has 1 unspecified atom stereocenters. The summed E-state index contributed by atoms with van der Waals surface area (Å²) in [6, 6.07) is 2.41. The van der Waals surface area contributed by atoms with E-state index in [2.05, 4.69) is 52.3 Å². The quantitative estimate of drug-likeness (QED) is 0.867. The van der Waals surface area contributed by atoms with Gasteiger partial charge in [0.25, 0.3) is 0 Å². The van der Waals surface area contributed by atoms with Crippen molar-refractivity contribution < 1.29 is 0 Å². The first kappa shape index (κ1) is 15.9. The summed E-state index contributed by atoms with van der Waals surface area (Å²) in [7, 11) is 0. The average Bonchev–Trinajstić information content (AvgIpc) is 3.05. The molecule has 6 heteroatoms. The van der Waals surface area contributed by atoms with Crippen LogP contribution in [-0.2, 0) is 0 Å². The molecular formula is C17H26N6. The van der Waals surface area contributed by atoms with Crippen LogP contribution in [0.15, 0.2) is 18.6 Å². The zero-order valence-corrected chi connectivity index (χ0v) is 14.5. The Morgan fingerprint density at radius 2 is 2.04 bits per heavy atom. The van der Waals surface area contributed by atoms with Crippen molar-refractivity contribution in [3.63, 3.8) is 0 Å². The molecule has 0 amide bonds. The second-order valence-corrected chi connectivity index (χ2v) is 6.90. The van der Waals surface area contributed by atoms with Crippen molar-refractivity contribution >= 4 is 5.82 Å². The fraction of sp³-hybridized carbons (Fsp3) is 0.647. The number of rotatable bonds is 4. The molecule has 0 aliphatic carbocycles. The van der Waals surface area contributed by atoms with Crippen molar-refractivity contribution in [2.45, 2.75) is 58.4 Å². The summed E-state index contributed by atoms with van der Waals surface area (Å²) in [5.74, 6) is 3.80. The lowest BCUT2D eigenvalue weighted by Gasteiger charge is -2.33. The molecule has 1 fully saturated rings. The highest BCUT2D eigenvalue weighted by Crippen LogP contribution is 2.29. The van der Waals surface area contributed by atoms with Gasteiger partial charge in [0.05, 0.1) is 0 Å². The van der Waals surface area contributed by atoms with Crippen molar-refractivity contribution in [2.24, 2.45) is 0 Å². The third-order valence-corrected chi connectivity index (χ3v) is 4.44. The molecule has 6 nitrogen and oxygen atoms in total. The first-order chi connectivity index (χ1) is 11.1. The van der Waals surface area contributed by atoms with Gasteiger partial charge in [-0.05, 0) is 32.8 Å². The number of aromatic nitrogens is 5. The van der Waals surface area contributed by atoms with Gasteiger partial charge >= 0.3 is 0 Å². The van der Waals surface area contributed by atoms with E-state index in [-0.39, 0.29) is 0 Å². The Balaban J connectivity index is 1.81. The summed E-state index contributed by atoms with van der Waals surface area (Å²) in [5, 5.41) is 8.51. The molecule has 0 aromatic carbocycles. The Hall–Kier alpha value is -1.98. The Labute approximate surface area is 138 Å². The van der Waals surface area contributed by atoms with Crippen LogP contribution in [0.4, 0.5) is 5.82 Å². The molecule has 2 aromatic heterocycles. The van der Waals surface area contributed by atoms with Gasteiger partial charge in [-0.1, -0.05) is 13.8 Å². The Kier molecular flexibility index (Phi) is 4.59. The minimum atomic E-state index is 0.347. The van der Waals surface area contributed by atoms with Crippen LogP contribution in [0.3, 0.4) is 0 Å². The van der Waals surface area contributed by atoms with Gasteiger partial charge in [-0.3, -0.25) is 0 Å². The van der Waals surface area contributed by atoms with E-state index in [1.54, 1.807) is 0 Å². The smallest absolute Gasteiger partial charge is 0.137 e. The Bertz CT molecular complexity index is 648. The summed E-state index contributed by atoms with van der Waals surface area (Å²) in [5.41, 5.74) is 0. The van der Waals surface area contributed by atoms with Crippen LogP contribution in [0.25, 0.3) is 0 Å². The standard InChI is InChI=1S/C17H26N6/c1-12(2)16-18-8-7-15(20-16)22-9-5-6-14(10-22)17-21-19-11-23(17)13(3)4/h7-8,11-14H,5-6,9-10H2,1-4H3. The van der Waals surface area contributed by atoms with Crippen molar-refractivity contribution in [1.29, 1.82) is 0 Å². The molecule has 0 spiro atoms. The van der Waals surface area contributed by atoms with E-state index < -0.39 is 0 Å². The van der Waals surface area contributed by atoms with E-state index in [9.17, 15) is 0 Å². The van der Waals surface area contributed by atoms with Crippen molar-refractivity contribution in [1.82, 2.24) is 24.7 Å². The van der Waals surface area contributed by atoms with Crippen molar-refractivity contribution in [3.05, 3.63) is 30.2 Å². The first-order valence-corrected chi connectivity index (χ1v) is 8.53. The van der Waals surface area contributed by atoms with Crippen molar-refractivity contribution in [2.75, 3.05) is 18.0 Å². The third-order valence-electron chi connectivity index (χ3n) is 4.44. The van der Waals surface area contributed by atoms with Crippen LogP contribution in [0.5, 0.6) is 0 Å². The van der Waals surface area contributed by atoms with Crippen LogP contribution in [0.2, 0.25) is 0 Å². The number of anilines is 1. The molecule has 1 aliphatic heterocycles. The van der Waals surface area contributed by atoms with Crippen LogP contribution in [0, 0.1) is 0 Å². The molecule has 124 valence electrons. The van der Waals surface area contributed by atoms with Crippen LogP contribution < -0.4 is 4.90 Å².